The number of carbonyl (C=O) groups is 1. The Morgan fingerprint density at radius 3 is 2.40 bits per heavy atom. The maximum absolute atomic E-state index is 12.5. The molecule has 2 aromatic carbocycles. The standard InChI is InChI=1S/C15H14ClNO3/c1-19-10-4-5-11(13(16)8-10)15(18)12-7-9(17)3-6-14(12)20-2/h3-8H,17H2,1-2H3. The molecule has 0 radical (unpaired) electrons. The van der Waals surface area contributed by atoms with Crippen LogP contribution in [0.3, 0.4) is 0 Å². The summed E-state index contributed by atoms with van der Waals surface area (Å²) in [5, 5.41) is 0.318. The van der Waals surface area contributed by atoms with E-state index in [1.54, 1.807) is 36.4 Å². The normalized spacial score (nSPS) is 10.2. The van der Waals surface area contributed by atoms with Crippen LogP contribution in [0.15, 0.2) is 36.4 Å². The Balaban J connectivity index is 2.48. The lowest BCUT2D eigenvalue weighted by Crippen LogP contribution is -2.06. The van der Waals surface area contributed by atoms with Gasteiger partial charge in [-0.15, -0.1) is 0 Å². The van der Waals surface area contributed by atoms with Gasteiger partial charge in [-0.1, -0.05) is 11.6 Å². The molecule has 2 aromatic rings. The highest BCUT2D eigenvalue weighted by Crippen LogP contribution is 2.29. The summed E-state index contributed by atoms with van der Waals surface area (Å²) >= 11 is 6.12. The quantitative estimate of drug-likeness (QED) is 0.694. The van der Waals surface area contributed by atoms with E-state index >= 15 is 0 Å². The molecule has 0 aliphatic rings. The Morgan fingerprint density at radius 1 is 1.05 bits per heavy atom. The van der Waals surface area contributed by atoms with Crippen molar-refractivity contribution >= 4 is 23.1 Å². The van der Waals surface area contributed by atoms with Gasteiger partial charge in [0.25, 0.3) is 0 Å². The number of methoxy groups -OCH3 is 2. The number of nitrogen functional groups attached to an aromatic ring is 1. The molecule has 20 heavy (non-hydrogen) atoms. The second-order valence-corrected chi connectivity index (χ2v) is 4.54. The third-order valence-corrected chi connectivity index (χ3v) is 3.20. The minimum Gasteiger partial charge on any atom is -0.497 e. The number of ketones is 1. The Morgan fingerprint density at radius 2 is 1.80 bits per heavy atom. The van der Waals surface area contributed by atoms with Crippen LogP contribution < -0.4 is 15.2 Å². The predicted octanol–water partition coefficient (Wildman–Crippen LogP) is 3.17. The van der Waals surface area contributed by atoms with E-state index in [4.69, 9.17) is 26.8 Å². The van der Waals surface area contributed by atoms with Crippen molar-refractivity contribution < 1.29 is 14.3 Å². The fourth-order valence-electron chi connectivity index (χ4n) is 1.86. The van der Waals surface area contributed by atoms with Crippen molar-refractivity contribution in [2.75, 3.05) is 20.0 Å². The minimum atomic E-state index is -0.248. The van der Waals surface area contributed by atoms with E-state index in [0.717, 1.165) is 0 Å². The maximum atomic E-state index is 12.5. The monoisotopic (exact) mass is 291 g/mol. The number of benzene rings is 2. The fourth-order valence-corrected chi connectivity index (χ4v) is 2.11. The van der Waals surface area contributed by atoms with Gasteiger partial charge in [-0.05, 0) is 36.4 Å². The van der Waals surface area contributed by atoms with Gasteiger partial charge in [0.2, 0.25) is 0 Å². The molecule has 104 valence electrons. The molecule has 0 aromatic heterocycles. The van der Waals surface area contributed by atoms with Crippen molar-refractivity contribution in [3.63, 3.8) is 0 Å². The topological polar surface area (TPSA) is 61.5 Å². The van der Waals surface area contributed by atoms with Gasteiger partial charge in [-0.2, -0.15) is 0 Å². The largest absolute Gasteiger partial charge is 0.497 e. The smallest absolute Gasteiger partial charge is 0.198 e. The van der Waals surface area contributed by atoms with Crippen LogP contribution in [-0.4, -0.2) is 20.0 Å². The molecular formula is C15H14ClNO3. The van der Waals surface area contributed by atoms with Crippen LogP contribution in [-0.2, 0) is 0 Å². The molecule has 0 heterocycles. The van der Waals surface area contributed by atoms with E-state index in [1.807, 2.05) is 0 Å². The maximum Gasteiger partial charge on any atom is 0.198 e. The highest BCUT2D eigenvalue weighted by atomic mass is 35.5. The number of anilines is 1. The van der Waals surface area contributed by atoms with Crippen LogP contribution in [0.2, 0.25) is 5.02 Å². The summed E-state index contributed by atoms with van der Waals surface area (Å²) in [6, 6.07) is 9.78. The zero-order valence-electron chi connectivity index (χ0n) is 11.1. The third-order valence-electron chi connectivity index (χ3n) is 2.89. The fraction of sp³-hybridized carbons (Fsp3) is 0.133. The molecule has 0 aliphatic carbocycles. The lowest BCUT2D eigenvalue weighted by atomic mass is 10.0. The number of carbonyl (C=O) groups excluding carboxylic acids is 1. The summed E-state index contributed by atoms with van der Waals surface area (Å²) in [6.07, 6.45) is 0. The van der Waals surface area contributed by atoms with Crippen molar-refractivity contribution in [3.8, 4) is 11.5 Å². The number of nitrogens with two attached hydrogens (primary N) is 1. The summed E-state index contributed by atoms with van der Waals surface area (Å²) in [5.41, 5.74) is 6.95. The summed E-state index contributed by atoms with van der Waals surface area (Å²) in [6.45, 7) is 0. The van der Waals surface area contributed by atoms with Gasteiger partial charge in [0.1, 0.15) is 11.5 Å². The summed E-state index contributed by atoms with van der Waals surface area (Å²) in [7, 11) is 3.03. The van der Waals surface area contributed by atoms with Crippen LogP contribution in [0.5, 0.6) is 11.5 Å². The van der Waals surface area contributed by atoms with Gasteiger partial charge in [-0.25, -0.2) is 0 Å². The molecule has 0 spiro atoms. The molecule has 0 fully saturated rings. The van der Waals surface area contributed by atoms with E-state index < -0.39 is 0 Å². The Bertz CT molecular complexity index is 656. The third kappa shape index (κ3) is 2.70. The molecule has 0 saturated heterocycles. The average Bonchev–Trinajstić information content (AvgIpc) is 2.46. The zero-order valence-corrected chi connectivity index (χ0v) is 11.9. The first-order valence-electron chi connectivity index (χ1n) is 5.88. The molecule has 0 saturated carbocycles. The molecule has 2 rings (SSSR count). The Hall–Kier alpha value is -2.20. The van der Waals surface area contributed by atoms with Crippen LogP contribution in [0.1, 0.15) is 15.9 Å². The SMILES string of the molecule is COc1ccc(C(=O)c2cc(N)ccc2OC)c(Cl)c1. The zero-order chi connectivity index (χ0) is 14.7. The lowest BCUT2D eigenvalue weighted by molar-refractivity contribution is 0.103. The Labute approximate surface area is 122 Å². The van der Waals surface area contributed by atoms with Crippen LogP contribution >= 0.6 is 11.6 Å². The van der Waals surface area contributed by atoms with E-state index in [-0.39, 0.29) is 5.78 Å². The molecule has 2 N–H and O–H groups in total. The number of hydrogen-bond acceptors (Lipinski definition) is 4. The van der Waals surface area contributed by atoms with Gasteiger partial charge >= 0.3 is 0 Å². The van der Waals surface area contributed by atoms with Crippen molar-refractivity contribution in [3.05, 3.63) is 52.5 Å². The first-order valence-corrected chi connectivity index (χ1v) is 6.26. The molecule has 4 nitrogen and oxygen atoms in total. The Kier molecular flexibility index (Phi) is 4.15. The van der Waals surface area contributed by atoms with E-state index in [0.29, 0.717) is 33.3 Å². The van der Waals surface area contributed by atoms with Gasteiger partial charge in [0, 0.05) is 11.3 Å². The molecule has 5 heteroatoms. The number of rotatable bonds is 4. The minimum absolute atomic E-state index is 0.248. The average molecular weight is 292 g/mol. The van der Waals surface area contributed by atoms with Gasteiger partial charge in [0.05, 0.1) is 24.8 Å². The summed E-state index contributed by atoms with van der Waals surface area (Å²) in [5.74, 6) is 0.795. The highest BCUT2D eigenvalue weighted by Gasteiger charge is 2.18. The van der Waals surface area contributed by atoms with Crippen molar-refractivity contribution in [2.24, 2.45) is 0 Å². The van der Waals surface area contributed by atoms with Crippen LogP contribution in [0.25, 0.3) is 0 Å². The molecule has 0 aliphatic heterocycles. The highest BCUT2D eigenvalue weighted by molar-refractivity contribution is 6.35. The van der Waals surface area contributed by atoms with Crippen LogP contribution in [0, 0.1) is 0 Å². The molecule has 0 bridgehead atoms. The summed E-state index contributed by atoms with van der Waals surface area (Å²) in [4.78, 5) is 12.5. The number of hydrogen-bond donors (Lipinski definition) is 1. The second kappa shape index (κ2) is 5.84. The number of ether oxygens (including phenoxy) is 2. The van der Waals surface area contributed by atoms with Crippen molar-refractivity contribution in [2.45, 2.75) is 0 Å². The molecule has 0 unspecified atom stereocenters. The van der Waals surface area contributed by atoms with E-state index in [2.05, 4.69) is 0 Å². The first kappa shape index (κ1) is 14.2. The van der Waals surface area contributed by atoms with E-state index in [9.17, 15) is 4.79 Å². The first-order chi connectivity index (χ1) is 9.56. The number of halogens is 1. The van der Waals surface area contributed by atoms with E-state index in [1.165, 1.54) is 14.2 Å². The lowest BCUT2D eigenvalue weighted by Gasteiger charge is -2.10. The van der Waals surface area contributed by atoms with Crippen LogP contribution in [0.4, 0.5) is 5.69 Å². The molecule has 0 amide bonds. The van der Waals surface area contributed by atoms with Crippen molar-refractivity contribution in [1.29, 1.82) is 0 Å². The van der Waals surface area contributed by atoms with Gasteiger partial charge < -0.3 is 15.2 Å². The predicted molar refractivity (Wildman–Crippen MR) is 78.8 cm³/mol. The van der Waals surface area contributed by atoms with Gasteiger partial charge in [0.15, 0.2) is 5.78 Å². The second-order valence-electron chi connectivity index (χ2n) is 4.13. The van der Waals surface area contributed by atoms with Crippen molar-refractivity contribution in [1.82, 2.24) is 0 Å². The summed E-state index contributed by atoms with van der Waals surface area (Å²) < 4.78 is 10.2. The molecule has 0 atom stereocenters. The molecular weight excluding hydrogens is 278 g/mol. The van der Waals surface area contributed by atoms with Gasteiger partial charge in [-0.3, -0.25) is 4.79 Å².